The number of ether oxygens (including phenoxy) is 1. The number of halogens is 1. The number of rotatable bonds is 4. The lowest BCUT2D eigenvalue weighted by molar-refractivity contribution is 0.0139. The summed E-state index contributed by atoms with van der Waals surface area (Å²) >= 11 is 5.86. The predicted molar refractivity (Wildman–Crippen MR) is 102 cm³/mol. The molecule has 138 valence electrons. The van der Waals surface area contributed by atoms with E-state index >= 15 is 0 Å². The summed E-state index contributed by atoms with van der Waals surface area (Å²) in [5.41, 5.74) is 0.429. The van der Waals surface area contributed by atoms with Gasteiger partial charge in [-0.05, 0) is 36.4 Å². The van der Waals surface area contributed by atoms with Gasteiger partial charge in [0, 0.05) is 17.1 Å². The van der Waals surface area contributed by atoms with E-state index in [-0.39, 0.29) is 10.8 Å². The molecular formula is C20H16ClNO4S. The van der Waals surface area contributed by atoms with Crippen molar-refractivity contribution in [3.8, 4) is 0 Å². The Morgan fingerprint density at radius 1 is 0.963 bits per heavy atom. The van der Waals surface area contributed by atoms with Crippen LogP contribution in [0.25, 0.3) is 0 Å². The monoisotopic (exact) mass is 401 g/mol. The molecule has 0 spiro atoms. The van der Waals surface area contributed by atoms with Gasteiger partial charge in [0.15, 0.2) is 0 Å². The average Bonchev–Trinajstić information content (AvgIpc) is 2.91. The van der Waals surface area contributed by atoms with E-state index in [0.29, 0.717) is 10.6 Å². The van der Waals surface area contributed by atoms with E-state index in [1.807, 2.05) is 12.1 Å². The molecule has 2 aliphatic rings. The Morgan fingerprint density at radius 2 is 1.67 bits per heavy atom. The molecule has 0 saturated carbocycles. The highest BCUT2D eigenvalue weighted by molar-refractivity contribution is 7.89. The molecule has 5 nitrogen and oxygen atoms in total. The Labute approximate surface area is 162 Å². The van der Waals surface area contributed by atoms with E-state index in [4.69, 9.17) is 16.3 Å². The van der Waals surface area contributed by atoms with Gasteiger partial charge in [0.1, 0.15) is 12.1 Å². The summed E-state index contributed by atoms with van der Waals surface area (Å²) in [6, 6.07) is 14.0. The van der Waals surface area contributed by atoms with Crippen LogP contribution >= 0.6 is 11.6 Å². The van der Waals surface area contributed by atoms with Crippen molar-refractivity contribution >= 4 is 27.6 Å². The highest BCUT2D eigenvalue weighted by atomic mass is 35.5. The van der Waals surface area contributed by atoms with Crippen LogP contribution in [0.5, 0.6) is 0 Å². The number of nitrogens with zero attached hydrogens (tertiary/aromatic N) is 1. The van der Waals surface area contributed by atoms with E-state index in [9.17, 15) is 13.2 Å². The smallest absolute Gasteiger partial charge is 0.338 e. The number of benzene rings is 2. The number of carbonyl (C=O) groups excluding carboxylic acids is 1. The van der Waals surface area contributed by atoms with Gasteiger partial charge in [-0.25, -0.2) is 13.2 Å². The third-order valence-corrected chi connectivity index (χ3v) is 6.68. The molecule has 1 aliphatic heterocycles. The Hall–Kier alpha value is -2.57. The first-order valence-electron chi connectivity index (χ1n) is 8.38. The number of hydrogen-bond acceptors (Lipinski definition) is 4. The van der Waals surface area contributed by atoms with Gasteiger partial charge in [-0.1, -0.05) is 48.0 Å². The number of sulfonamides is 1. The molecule has 2 bridgehead atoms. The fraction of sp³-hybridized carbons (Fsp3) is 0.150. The van der Waals surface area contributed by atoms with Crippen LogP contribution in [0.1, 0.15) is 10.4 Å². The van der Waals surface area contributed by atoms with Crippen LogP contribution in [0.15, 0.2) is 83.9 Å². The van der Waals surface area contributed by atoms with E-state index in [1.165, 1.54) is 34.8 Å². The van der Waals surface area contributed by atoms with E-state index in [1.54, 1.807) is 36.4 Å². The summed E-state index contributed by atoms with van der Waals surface area (Å²) in [5, 5.41) is 0.457. The van der Waals surface area contributed by atoms with E-state index < -0.39 is 28.1 Å². The largest absolute Gasteiger partial charge is 0.455 e. The molecule has 0 N–H and O–H groups in total. The molecule has 0 saturated heterocycles. The molecule has 2 aromatic rings. The fourth-order valence-corrected chi connectivity index (χ4v) is 4.85. The predicted octanol–water partition coefficient (Wildman–Crippen LogP) is 3.64. The van der Waals surface area contributed by atoms with Crippen LogP contribution in [-0.2, 0) is 14.8 Å². The van der Waals surface area contributed by atoms with Crippen LogP contribution in [0.2, 0.25) is 5.02 Å². The Balaban J connectivity index is 1.61. The molecular weight excluding hydrogens is 386 g/mol. The maximum absolute atomic E-state index is 13.0. The number of fused-ring (bicyclic) bond motifs is 2. The van der Waals surface area contributed by atoms with Crippen LogP contribution in [0, 0.1) is 5.92 Å². The van der Waals surface area contributed by atoms with Gasteiger partial charge < -0.3 is 4.74 Å². The van der Waals surface area contributed by atoms with Crippen LogP contribution < -0.4 is 0 Å². The quantitative estimate of drug-likeness (QED) is 0.579. The topological polar surface area (TPSA) is 63.7 Å². The van der Waals surface area contributed by atoms with Gasteiger partial charge in [0.25, 0.3) is 10.0 Å². The van der Waals surface area contributed by atoms with Gasteiger partial charge in [-0.3, -0.25) is 4.31 Å². The van der Waals surface area contributed by atoms with Gasteiger partial charge in [0.2, 0.25) is 0 Å². The minimum Gasteiger partial charge on any atom is -0.455 e. The SMILES string of the molecule is O=C(OC1C2C=CC1N(S(=O)(=O)c1ccc(Cl)cc1)C=C2)c1ccccc1. The molecule has 1 heterocycles. The van der Waals surface area contributed by atoms with Crippen LogP contribution in [0.4, 0.5) is 0 Å². The van der Waals surface area contributed by atoms with Crippen molar-refractivity contribution in [3.63, 3.8) is 0 Å². The van der Waals surface area contributed by atoms with Crippen molar-refractivity contribution in [1.29, 1.82) is 0 Å². The van der Waals surface area contributed by atoms with E-state index in [0.717, 1.165) is 0 Å². The second kappa shape index (κ2) is 6.87. The lowest BCUT2D eigenvalue weighted by atomic mass is 10.0. The minimum atomic E-state index is -3.80. The second-order valence-electron chi connectivity index (χ2n) is 6.32. The zero-order valence-corrected chi connectivity index (χ0v) is 15.7. The van der Waals surface area contributed by atoms with Crippen LogP contribution in [0.3, 0.4) is 0 Å². The molecule has 1 aliphatic carbocycles. The molecule has 0 radical (unpaired) electrons. The van der Waals surface area contributed by atoms with Crippen molar-refractivity contribution in [3.05, 3.63) is 89.6 Å². The molecule has 2 aromatic carbocycles. The van der Waals surface area contributed by atoms with Crippen LogP contribution in [-0.4, -0.2) is 30.8 Å². The van der Waals surface area contributed by atoms with Gasteiger partial charge in [-0.2, -0.15) is 0 Å². The lowest BCUT2D eigenvalue weighted by Gasteiger charge is -2.35. The Morgan fingerprint density at radius 3 is 2.37 bits per heavy atom. The summed E-state index contributed by atoms with van der Waals surface area (Å²) in [6.07, 6.45) is 6.29. The summed E-state index contributed by atoms with van der Waals surface area (Å²) in [4.78, 5) is 12.6. The first-order valence-corrected chi connectivity index (χ1v) is 10.2. The first kappa shape index (κ1) is 17.8. The molecule has 0 fully saturated rings. The molecule has 3 unspecified atom stereocenters. The Kier molecular flexibility index (Phi) is 4.53. The normalized spacial score (nSPS) is 23.4. The Bertz CT molecular complexity index is 1020. The number of hydrogen-bond donors (Lipinski definition) is 0. The second-order valence-corrected chi connectivity index (χ2v) is 8.60. The molecule has 3 atom stereocenters. The first-order chi connectivity index (χ1) is 13.0. The van der Waals surface area contributed by atoms with Crippen molar-refractivity contribution in [2.45, 2.75) is 17.0 Å². The van der Waals surface area contributed by atoms with Gasteiger partial charge >= 0.3 is 5.97 Å². The van der Waals surface area contributed by atoms with E-state index in [2.05, 4.69) is 0 Å². The maximum atomic E-state index is 13.0. The highest BCUT2D eigenvalue weighted by Gasteiger charge is 2.44. The standard InChI is InChI=1S/C20H16ClNO4S/c21-16-7-9-17(10-8-16)27(24,25)22-13-12-14-6-11-18(22)19(14)26-20(23)15-4-2-1-3-5-15/h1-14,18-19H. The third-order valence-electron chi connectivity index (χ3n) is 4.64. The van der Waals surface area contributed by atoms with Crippen molar-refractivity contribution in [1.82, 2.24) is 4.31 Å². The van der Waals surface area contributed by atoms with Gasteiger partial charge in [0.05, 0.1) is 10.5 Å². The van der Waals surface area contributed by atoms with Crippen molar-refractivity contribution in [2.75, 3.05) is 0 Å². The third kappa shape index (κ3) is 3.26. The zero-order valence-electron chi connectivity index (χ0n) is 14.1. The highest BCUT2D eigenvalue weighted by Crippen LogP contribution is 2.35. The molecule has 27 heavy (non-hydrogen) atoms. The van der Waals surface area contributed by atoms with Gasteiger partial charge in [-0.15, -0.1) is 0 Å². The molecule has 0 amide bonds. The zero-order chi connectivity index (χ0) is 19.0. The van der Waals surface area contributed by atoms with Crippen molar-refractivity contribution in [2.24, 2.45) is 5.92 Å². The minimum absolute atomic E-state index is 0.128. The molecule has 7 heteroatoms. The average molecular weight is 402 g/mol. The summed E-state index contributed by atoms with van der Waals surface area (Å²) < 4.78 is 33.0. The van der Waals surface area contributed by atoms with Crippen molar-refractivity contribution < 1.29 is 17.9 Å². The summed E-state index contributed by atoms with van der Waals surface area (Å²) in [7, 11) is -3.80. The molecule has 4 rings (SSSR count). The lowest BCUT2D eigenvalue weighted by Crippen LogP contribution is -2.47. The number of esters is 1. The molecule has 0 aromatic heterocycles. The fourth-order valence-electron chi connectivity index (χ4n) is 3.26. The summed E-state index contributed by atoms with van der Waals surface area (Å²) in [5.74, 6) is -0.627. The summed E-state index contributed by atoms with van der Waals surface area (Å²) in [6.45, 7) is 0. The maximum Gasteiger partial charge on any atom is 0.338 e. The number of carbonyl (C=O) groups is 1.